The fourth-order valence-electron chi connectivity index (χ4n) is 6.94. The predicted octanol–water partition coefficient (Wildman–Crippen LogP) is 12.8. The molecule has 0 amide bonds. The van der Waals surface area contributed by atoms with Crippen LogP contribution in [0.5, 0.6) is 0 Å². The highest BCUT2D eigenvalue weighted by atomic mass is 14.5. The molecule has 0 atom stereocenters. The third kappa shape index (κ3) is 3.53. The van der Waals surface area contributed by atoms with Gasteiger partial charge in [-0.25, -0.2) is 0 Å². The zero-order valence-electron chi connectivity index (χ0n) is 54.5. The van der Waals surface area contributed by atoms with Crippen LogP contribution in [0.25, 0.3) is 76.8 Å². The van der Waals surface area contributed by atoms with E-state index in [0.29, 0.717) is 0 Å². The van der Waals surface area contributed by atoms with Crippen molar-refractivity contribution in [2.45, 2.75) is 5.41 Å². The van der Waals surface area contributed by atoms with Gasteiger partial charge in [0.2, 0.25) is 0 Å². The fourth-order valence-corrected chi connectivity index (χ4v) is 6.94. The first-order valence-corrected chi connectivity index (χ1v) is 14.8. The van der Waals surface area contributed by atoms with Crippen molar-refractivity contribution >= 4 is 32.3 Å². The van der Waals surface area contributed by atoms with Crippen molar-refractivity contribution < 1.29 is 41.1 Å². The monoisotopic (exact) mass is 648 g/mol. The first kappa shape index (κ1) is 10.9. The first-order valence-electron chi connectivity index (χ1n) is 29.8. The van der Waals surface area contributed by atoms with E-state index in [9.17, 15) is 19.2 Å². The quantitative estimate of drug-likeness (QED) is 0.164. The topological polar surface area (TPSA) is 0 Å². The molecule has 0 bridgehead atoms. The van der Waals surface area contributed by atoms with E-state index in [2.05, 4.69) is 0 Å². The van der Waals surface area contributed by atoms with Crippen LogP contribution in [0.1, 0.15) is 63.4 Å². The number of fused-ring (bicyclic) bond motifs is 16. The molecular weight excluding hydrogens is 589 g/mol. The zero-order chi connectivity index (χ0) is 58.2. The molecule has 2 aliphatic rings. The van der Waals surface area contributed by atoms with Crippen LogP contribution in [-0.2, 0) is 5.41 Å². The molecule has 0 heteroatoms. The number of benzene rings is 9. The van der Waals surface area contributed by atoms with E-state index in [0.717, 1.165) is 0 Å². The van der Waals surface area contributed by atoms with Gasteiger partial charge in [0.05, 0.1) is 46.5 Å². The van der Waals surface area contributed by atoms with Gasteiger partial charge in [-0.15, -0.1) is 0 Å². The number of rotatable bonds is 2. The molecule has 0 fully saturated rings. The summed E-state index contributed by atoms with van der Waals surface area (Å²) in [6.07, 6.45) is 0. The summed E-state index contributed by atoms with van der Waals surface area (Å²) in [6, 6.07) is -27.9. The lowest BCUT2D eigenvalue weighted by Gasteiger charge is -2.30. The highest BCUT2D eigenvalue weighted by Crippen LogP contribution is 2.62. The summed E-state index contributed by atoms with van der Waals surface area (Å²) in [6.45, 7) is 0. The van der Waals surface area contributed by atoms with Crippen LogP contribution >= 0.6 is 0 Å². The highest BCUT2D eigenvalue weighted by Gasteiger charge is 2.51. The SMILES string of the molecule is [2H]c1c([2H])c([2H])c2c(c1[2H])-c1c([2H])c([2H])c([2H])c([2H])c1C21c2c([2H])c([2H])c([2H])c([2H])c2-c2c([2H])c(-c3c([2H])c([2H])c(-c4c([2H])c([2H])c5c6c([2H])c([2H])c([2H])c([2H])c6c6c([2H])c([2H])c([2H])c([2H])c6c5c4[2H])c([2H])c3[2H])c([2H])c([2H])c21. The molecular formula is C49H30. The first-order chi connectivity index (χ1) is 36.8. The summed E-state index contributed by atoms with van der Waals surface area (Å²) < 4.78 is 273. The summed E-state index contributed by atoms with van der Waals surface area (Å²) >= 11 is 0. The standard InChI is InChI=1S/C49H30/c1-2-13-37-35(11-1)36-12-3-4-14-38(36)43-29-33(25-27-39(37)43)31-21-23-32(24-22-31)34-26-28-48-44(30-34)42-17-7-10-20-47(42)49(48)45-18-8-5-15-40(45)41-16-6-9-19-46(41)49/h1-30H/i1D,2D,3D,4D,5D,6D,7D,8D,9D,10D,11D,12D,13D,14D,15D,16D,17D,18D,19D,20D,21D,22D,23D,24D,25D,26D,27D,28D,29D,30D. The van der Waals surface area contributed by atoms with E-state index in [4.69, 9.17) is 21.9 Å². The Kier molecular flexibility index (Phi) is 2.20. The molecule has 0 N–H and O–H groups in total. The van der Waals surface area contributed by atoms with Crippen molar-refractivity contribution in [3.05, 3.63) is 204 Å². The Hall–Kier alpha value is -6.24. The van der Waals surface area contributed by atoms with E-state index >= 15 is 0 Å². The van der Waals surface area contributed by atoms with Crippen molar-refractivity contribution in [1.29, 1.82) is 0 Å². The lowest BCUT2D eigenvalue weighted by Crippen LogP contribution is -2.25. The highest BCUT2D eigenvalue weighted by molar-refractivity contribution is 6.25. The van der Waals surface area contributed by atoms with Gasteiger partial charge in [-0.1, -0.05) is 169 Å². The molecule has 0 aliphatic heterocycles. The van der Waals surface area contributed by atoms with Crippen LogP contribution in [-0.4, -0.2) is 0 Å². The van der Waals surface area contributed by atoms with Gasteiger partial charge in [-0.3, -0.25) is 0 Å². The summed E-state index contributed by atoms with van der Waals surface area (Å²) in [5.41, 5.74) is -11.1. The summed E-state index contributed by atoms with van der Waals surface area (Å²) in [5.74, 6) is 0. The van der Waals surface area contributed by atoms with Gasteiger partial charge in [0, 0.05) is 0 Å². The minimum Gasteiger partial charge on any atom is -0.0619 e. The molecule has 11 rings (SSSR count). The van der Waals surface area contributed by atoms with Crippen molar-refractivity contribution in [2.75, 3.05) is 0 Å². The van der Waals surface area contributed by atoms with Crippen LogP contribution in [0.4, 0.5) is 0 Å². The van der Waals surface area contributed by atoms with Gasteiger partial charge >= 0.3 is 0 Å². The number of hydrogen-bond donors (Lipinski definition) is 0. The molecule has 0 radical (unpaired) electrons. The Labute approximate surface area is 327 Å². The maximum absolute atomic E-state index is 9.95. The van der Waals surface area contributed by atoms with E-state index < -0.39 is 286 Å². The van der Waals surface area contributed by atoms with Crippen LogP contribution in [0.3, 0.4) is 0 Å². The van der Waals surface area contributed by atoms with E-state index in [1.807, 2.05) is 0 Å². The van der Waals surface area contributed by atoms with Crippen LogP contribution in [0.2, 0.25) is 0 Å². The Balaban J connectivity index is 1.29. The van der Waals surface area contributed by atoms with Gasteiger partial charge in [-0.05, 0) is 111 Å². The third-order valence-corrected chi connectivity index (χ3v) is 8.94. The molecule has 1 spiro atoms. The minimum atomic E-state index is -2.75. The zero-order valence-corrected chi connectivity index (χ0v) is 24.5. The maximum atomic E-state index is 9.95. The van der Waals surface area contributed by atoms with Gasteiger partial charge in [-0.2, -0.15) is 0 Å². The molecule has 9 aromatic rings. The van der Waals surface area contributed by atoms with Crippen LogP contribution < -0.4 is 0 Å². The molecule has 0 saturated heterocycles. The van der Waals surface area contributed by atoms with Crippen molar-refractivity contribution in [3.63, 3.8) is 0 Å². The molecule has 49 heavy (non-hydrogen) atoms. The van der Waals surface area contributed by atoms with E-state index in [1.54, 1.807) is 0 Å². The molecule has 0 unspecified atom stereocenters. The third-order valence-electron chi connectivity index (χ3n) is 8.94. The summed E-state index contributed by atoms with van der Waals surface area (Å²) in [7, 11) is 0. The second-order valence-electron chi connectivity index (χ2n) is 11.2. The lowest BCUT2D eigenvalue weighted by molar-refractivity contribution is 0.794. The van der Waals surface area contributed by atoms with Gasteiger partial charge in [0.1, 0.15) is 0 Å². The second-order valence-corrected chi connectivity index (χ2v) is 11.2. The summed E-state index contributed by atoms with van der Waals surface area (Å²) in [5, 5.41) is -3.14. The Morgan fingerprint density at radius 3 is 1.14 bits per heavy atom. The number of hydrogen-bond acceptors (Lipinski definition) is 0. The summed E-state index contributed by atoms with van der Waals surface area (Å²) in [4.78, 5) is 0. The second kappa shape index (κ2) is 9.89. The molecule has 0 heterocycles. The predicted molar refractivity (Wildman–Crippen MR) is 206 cm³/mol. The normalized spacial score (nSPS) is 22.0. The van der Waals surface area contributed by atoms with Gasteiger partial charge < -0.3 is 0 Å². The Morgan fingerprint density at radius 2 is 0.612 bits per heavy atom. The minimum absolute atomic E-state index is 0.464. The molecule has 0 aromatic heterocycles. The molecule has 2 aliphatic carbocycles. The largest absolute Gasteiger partial charge is 0.0725 e. The van der Waals surface area contributed by atoms with Crippen LogP contribution in [0.15, 0.2) is 181 Å². The lowest BCUT2D eigenvalue weighted by atomic mass is 9.70. The molecule has 9 aromatic carbocycles. The molecule has 226 valence electrons. The average molecular weight is 649 g/mol. The van der Waals surface area contributed by atoms with Crippen LogP contribution in [0, 0.1) is 0 Å². The van der Waals surface area contributed by atoms with Gasteiger partial charge in [0.15, 0.2) is 0 Å². The van der Waals surface area contributed by atoms with Crippen molar-refractivity contribution in [3.8, 4) is 44.5 Å². The Morgan fingerprint density at radius 1 is 0.265 bits per heavy atom. The maximum Gasteiger partial charge on any atom is 0.0725 e. The van der Waals surface area contributed by atoms with E-state index in [-0.39, 0.29) is 0 Å². The van der Waals surface area contributed by atoms with E-state index in [1.165, 1.54) is 0 Å². The van der Waals surface area contributed by atoms with Gasteiger partial charge in [0.25, 0.3) is 0 Å². The Bertz CT molecular complexity index is 4400. The van der Waals surface area contributed by atoms with Crippen molar-refractivity contribution in [1.82, 2.24) is 0 Å². The molecule has 0 nitrogen and oxygen atoms in total. The van der Waals surface area contributed by atoms with Crippen molar-refractivity contribution in [2.24, 2.45) is 0 Å². The molecule has 0 saturated carbocycles. The fraction of sp³-hybridized carbons (Fsp3) is 0.0204. The average Bonchev–Trinajstić information content (AvgIpc) is 2.81. The smallest absolute Gasteiger partial charge is 0.0619 e.